The number of carbonyl (C=O) groups excluding carboxylic acids is 2. The monoisotopic (exact) mass is 271 g/mol. The Morgan fingerprint density at radius 2 is 1.85 bits per heavy atom. The molecule has 2 aromatic rings. The van der Waals surface area contributed by atoms with Crippen LogP contribution in [0.15, 0.2) is 36.4 Å². The maximum atomic E-state index is 12.1. The molecule has 0 aliphatic carbocycles. The van der Waals surface area contributed by atoms with Crippen molar-refractivity contribution in [1.82, 2.24) is 10.3 Å². The van der Waals surface area contributed by atoms with E-state index in [1.54, 1.807) is 6.07 Å². The first-order valence-electron chi connectivity index (χ1n) is 6.45. The number of nitrogens with two attached hydrogens (primary N) is 1. The van der Waals surface area contributed by atoms with Crippen molar-refractivity contribution in [3.05, 3.63) is 42.1 Å². The third kappa shape index (κ3) is 2.93. The second-order valence-electron chi connectivity index (χ2n) is 4.99. The number of nitrogens with zero attached hydrogens (tertiary/aromatic N) is 1. The summed E-state index contributed by atoms with van der Waals surface area (Å²) in [5.74, 6) is -1.01. The minimum Gasteiger partial charge on any atom is -0.368 e. The van der Waals surface area contributed by atoms with Gasteiger partial charge in [0.15, 0.2) is 0 Å². The predicted octanol–water partition coefficient (Wildman–Crippen LogP) is 1.47. The van der Waals surface area contributed by atoms with E-state index >= 15 is 0 Å². The summed E-state index contributed by atoms with van der Waals surface area (Å²) in [6, 6.07) is 10.3. The molecule has 0 aliphatic heterocycles. The summed E-state index contributed by atoms with van der Waals surface area (Å²) >= 11 is 0. The Hall–Kier alpha value is -2.43. The normalized spacial score (nSPS) is 12.3. The molecule has 20 heavy (non-hydrogen) atoms. The predicted molar refractivity (Wildman–Crippen MR) is 77.0 cm³/mol. The van der Waals surface area contributed by atoms with E-state index in [4.69, 9.17) is 5.73 Å². The smallest absolute Gasteiger partial charge is 0.270 e. The second-order valence-corrected chi connectivity index (χ2v) is 4.99. The molecule has 5 nitrogen and oxygen atoms in total. The molecule has 1 heterocycles. The van der Waals surface area contributed by atoms with Gasteiger partial charge >= 0.3 is 0 Å². The van der Waals surface area contributed by atoms with Crippen LogP contribution in [0.5, 0.6) is 0 Å². The van der Waals surface area contributed by atoms with Crippen molar-refractivity contribution in [1.29, 1.82) is 0 Å². The number of pyridine rings is 1. The molecule has 2 amide bonds. The summed E-state index contributed by atoms with van der Waals surface area (Å²) in [5, 5.41) is 3.58. The number of benzene rings is 1. The summed E-state index contributed by atoms with van der Waals surface area (Å²) < 4.78 is 0. The van der Waals surface area contributed by atoms with Crippen LogP contribution in [0, 0.1) is 5.92 Å². The molecule has 5 heteroatoms. The van der Waals surface area contributed by atoms with Crippen molar-refractivity contribution in [2.45, 2.75) is 19.9 Å². The lowest BCUT2D eigenvalue weighted by atomic mass is 10.0. The molecular weight excluding hydrogens is 254 g/mol. The molecule has 1 atom stereocenters. The highest BCUT2D eigenvalue weighted by atomic mass is 16.2. The highest BCUT2D eigenvalue weighted by Crippen LogP contribution is 2.12. The minimum atomic E-state index is -0.698. The molecule has 0 bridgehead atoms. The molecule has 1 aromatic heterocycles. The molecule has 0 saturated carbocycles. The third-order valence-electron chi connectivity index (χ3n) is 3.09. The van der Waals surface area contributed by atoms with Crippen LogP contribution in [-0.2, 0) is 4.79 Å². The molecule has 0 aliphatic rings. The Bertz CT molecular complexity index is 652. The summed E-state index contributed by atoms with van der Waals surface area (Å²) in [5.41, 5.74) is 6.29. The molecule has 0 unspecified atom stereocenters. The molecule has 2 rings (SSSR count). The quantitative estimate of drug-likeness (QED) is 0.883. The molecule has 104 valence electrons. The Morgan fingerprint density at radius 1 is 1.15 bits per heavy atom. The largest absolute Gasteiger partial charge is 0.368 e. The van der Waals surface area contributed by atoms with Crippen molar-refractivity contribution in [3.8, 4) is 0 Å². The van der Waals surface area contributed by atoms with Crippen LogP contribution in [0.4, 0.5) is 0 Å². The van der Waals surface area contributed by atoms with Crippen LogP contribution in [0.1, 0.15) is 24.3 Å². The van der Waals surface area contributed by atoms with E-state index in [0.717, 1.165) is 10.9 Å². The van der Waals surface area contributed by atoms with E-state index in [1.807, 2.05) is 44.2 Å². The maximum absolute atomic E-state index is 12.1. The van der Waals surface area contributed by atoms with Gasteiger partial charge in [-0.1, -0.05) is 38.1 Å². The lowest BCUT2D eigenvalue weighted by Crippen LogP contribution is -2.47. The van der Waals surface area contributed by atoms with Gasteiger partial charge in [0, 0.05) is 5.39 Å². The number of hydrogen-bond donors (Lipinski definition) is 2. The molecule has 0 fully saturated rings. The van der Waals surface area contributed by atoms with Crippen molar-refractivity contribution in [3.63, 3.8) is 0 Å². The molecule has 0 spiro atoms. The fraction of sp³-hybridized carbons (Fsp3) is 0.267. The Balaban J connectivity index is 2.24. The van der Waals surface area contributed by atoms with Gasteiger partial charge in [-0.2, -0.15) is 0 Å². The highest BCUT2D eigenvalue weighted by Gasteiger charge is 2.22. The Kier molecular flexibility index (Phi) is 3.98. The number of primary amides is 1. The summed E-state index contributed by atoms with van der Waals surface area (Å²) in [7, 11) is 0. The van der Waals surface area contributed by atoms with Gasteiger partial charge in [-0.15, -0.1) is 0 Å². The van der Waals surface area contributed by atoms with Gasteiger partial charge < -0.3 is 11.1 Å². The van der Waals surface area contributed by atoms with Crippen molar-refractivity contribution in [2.24, 2.45) is 11.7 Å². The first-order valence-corrected chi connectivity index (χ1v) is 6.45. The van der Waals surface area contributed by atoms with E-state index in [-0.39, 0.29) is 11.6 Å². The van der Waals surface area contributed by atoms with Crippen LogP contribution in [-0.4, -0.2) is 22.8 Å². The zero-order valence-corrected chi connectivity index (χ0v) is 11.5. The van der Waals surface area contributed by atoms with Crippen molar-refractivity contribution < 1.29 is 9.59 Å². The van der Waals surface area contributed by atoms with Crippen molar-refractivity contribution >= 4 is 22.7 Å². The van der Waals surface area contributed by atoms with Crippen LogP contribution < -0.4 is 11.1 Å². The lowest BCUT2D eigenvalue weighted by molar-refractivity contribution is -0.120. The number of carbonyl (C=O) groups is 2. The third-order valence-corrected chi connectivity index (χ3v) is 3.09. The fourth-order valence-corrected chi connectivity index (χ4v) is 1.97. The van der Waals surface area contributed by atoms with Gasteiger partial charge in [0.1, 0.15) is 11.7 Å². The number of fused-ring (bicyclic) bond motifs is 1. The number of rotatable bonds is 4. The first kappa shape index (κ1) is 14.0. The number of nitrogens with one attached hydrogen (secondary N) is 1. The molecule has 0 saturated heterocycles. The number of amides is 2. The van der Waals surface area contributed by atoms with Crippen molar-refractivity contribution in [2.75, 3.05) is 0 Å². The van der Waals surface area contributed by atoms with E-state index in [2.05, 4.69) is 10.3 Å². The molecule has 1 aromatic carbocycles. The first-order chi connectivity index (χ1) is 9.49. The van der Waals surface area contributed by atoms with Gasteiger partial charge in [0.05, 0.1) is 5.52 Å². The average Bonchev–Trinajstić information content (AvgIpc) is 2.43. The SMILES string of the molecule is CC(C)[C@H](NC(=O)c1ccc2ccccc2n1)C(N)=O. The lowest BCUT2D eigenvalue weighted by Gasteiger charge is -2.18. The highest BCUT2D eigenvalue weighted by molar-refractivity contribution is 5.97. The van der Waals surface area contributed by atoms with E-state index in [0.29, 0.717) is 0 Å². The average molecular weight is 271 g/mol. The summed E-state index contributed by atoms with van der Waals surface area (Å²) in [6.45, 7) is 3.65. The van der Waals surface area contributed by atoms with Gasteiger partial charge in [-0.25, -0.2) is 4.98 Å². The topological polar surface area (TPSA) is 85.1 Å². The van der Waals surface area contributed by atoms with Crippen LogP contribution >= 0.6 is 0 Å². The van der Waals surface area contributed by atoms with Gasteiger partial charge in [0.25, 0.3) is 5.91 Å². The van der Waals surface area contributed by atoms with Gasteiger partial charge in [0.2, 0.25) is 5.91 Å². The van der Waals surface area contributed by atoms with Crippen LogP contribution in [0.25, 0.3) is 10.9 Å². The minimum absolute atomic E-state index is 0.0723. The fourth-order valence-electron chi connectivity index (χ4n) is 1.97. The second kappa shape index (κ2) is 5.69. The van der Waals surface area contributed by atoms with Crippen LogP contribution in [0.3, 0.4) is 0 Å². The Labute approximate surface area is 117 Å². The van der Waals surface area contributed by atoms with E-state index < -0.39 is 17.9 Å². The zero-order chi connectivity index (χ0) is 14.7. The van der Waals surface area contributed by atoms with Gasteiger partial charge in [-0.3, -0.25) is 9.59 Å². The molecular formula is C15H17N3O2. The Morgan fingerprint density at radius 3 is 2.50 bits per heavy atom. The standard InChI is InChI=1S/C15H17N3O2/c1-9(2)13(14(16)19)18-15(20)12-8-7-10-5-3-4-6-11(10)17-12/h3-9,13H,1-2H3,(H2,16,19)(H,18,20)/t13-/m0/s1. The summed E-state index contributed by atoms with van der Waals surface area (Å²) in [4.78, 5) is 27.7. The van der Waals surface area contributed by atoms with Crippen LogP contribution in [0.2, 0.25) is 0 Å². The zero-order valence-electron chi connectivity index (χ0n) is 11.5. The van der Waals surface area contributed by atoms with E-state index in [1.165, 1.54) is 0 Å². The number of hydrogen-bond acceptors (Lipinski definition) is 3. The van der Waals surface area contributed by atoms with Gasteiger partial charge in [-0.05, 0) is 18.1 Å². The molecule has 0 radical (unpaired) electrons. The maximum Gasteiger partial charge on any atom is 0.270 e. The van der Waals surface area contributed by atoms with E-state index in [9.17, 15) is 9.59 Å². The molecule has 3 N–H and O–H groups in total. The summed E-state index contributed by atoms with van der Waals surface area (Å²) in [6.07, 6.45) is 0. The number of para-hydroxylation sites is 1. The number of aromatic nitrogens is 1.